The Morgan fingerprint density at radius 2 is 2.36 bits per heavy atom. The van der Waals surface area contributed by atoms with Crippen molar-refractivity contribution in [2.75, 3.05) is 25.5 Å². The summed E-state index contributed by atoms with van der Waals surface area (Å²) in [6.07, 6.45) is 3.07. The third-order valence-electron chi connectivity index (χ3n) is 2.87. The molecule has 2 N–H and O–H groups in total. The number of nitrogens with two attached hydrogens (primary N) is 1. The van der Waals surface area contributed by atoms with Crippen molar-refractivity contribution in [3.05, 3.63) is 23.9 Å². The number of aromatic nitrogens is 1. The van der Waals surface area contributed by atoms with E-state index in [9.17, 15) is 0 Å². The van der Waals surface area contributed by atoms with E-state index in [1.807, 2.05) is 26.4 Å². The minimum absolute atomic E-state index is 0.645. The summed E-state index contributed by atoms with van der Waals surface area (Å²) in [5.74, 6) is 2.41. The summed E-state index contributed by atoms with van der Waals surface area (Å²) in [6, 6.07) is 4.18. The van der Waals surface area contributed by atoms with Crippen molar-refractivity contribution in [2.45, 2.75) is 12.3 Å². The van der Waals surface area contributed by atoms with Gasteiger partial charge in [0.15, 0.2) is 0 Å². The summed E-state index contributed by atoms with van der Waals surface area (Å²) in [4.78, 5) is 6.46. The SMILES string of the molecule is CN(C)c1ncccc1C1CC1CN. The van der Waals surface area contributed by atoms with Gasteiger partial charge in [0.1, 0.15) is 5.82 Å². The monoisotopic (exact) mass is 191 g/mol. The molecule has 1 fully saturated rings. The summed E-state index contributed by atoms with van der Waals surface area (Å²) in [5.41, 5.74) is 7.01. The third kappa shape index (κ3) is 1.60. The predicted octanol–water partition coefficient (Wildman–Crippen LogP) is 1.21. The normalized spacial score (nSPS) is 24.8. The molecule has 1 saturated carbocycles. The maximum atomic E-state index is 5.65. The number of hydrogen-bond donors (Lipinski definition) is 1. The van der Waals surface area contributed by atoms with E-state index in [-0.39, 0.29) is 0 Å². The Morgan fingerprint density at radius 3 is 2.93 bits per heavy atom. The van der Waals surface area contributed by atoms with E-state index in [2.05, 4.69) is 16.0 Å². The van der Waals surface area contributed by atoms with Crippen LogP contribution in [0.25, 0.3) is 0 Å². The van der Waals surface area contributed by atoms with Crippen LogP contribution in [0.15, 0.2) is 18.3 Å². The minimum atomic E-state index is 0.645. The van der Waals surface area contributed by atoms with E-state index in [1.54, 1.807) is 0 Å². The van der Waals surface area contributed by atoms with E-state index in [1.165, 1.54) is 12.0 Å². The Bertz CT molecular complexity index is 322. The molecule has 0 saturated heterocycles. The van der Waals surface area contributed by atoms with Crippen LogP contribution < -0.4 is 10.6 Å². The molecular formula is C11H17N3. The molecule has 1 aliphatic carbocycles. The largest absolute Gasteiger partial charge is 0.363 e. The number of anilines is 1. The van der Waals surface area contributed by atoms with E-state index < -0.39 is 0 Å². The molecule has 76 valence electrons. The molecule has 3 nitrogen and oxygen atoms in total. The van der Waals surface area contributed by atoms with E-state index in [4.69, 9.17) is 5.73 Å². The van der Waals surface area contributed by atoms with Crippen molar-refractivity contribution in [2.24, 2.45) is 11.7 Å². The fourth-order valence-corrected chi connectivity index (χ4v) is 1.96. The van der Waals surface area contributed by atoms with E-state index in [0.717, 1.165) is 12.4 Å². The number of hydrogen-bond acceptors (Lipinski definition) is 3. The quantitative estimate of drug-likeness (QED) is 0.781. The Morgan fingerprint density at radius 1 is 1.57 bits per heavy atom. The van der Waals surface area contributed by atoms with Crippen LogP contribution in [0.5, 0.6) is 0 Å². The molecule has 0 aliphatic heterocycles. The highest BCUT2D eigenvalue weighted by Crippen LogP contribution is 2.48. The van der Waals surface area contributed by atoms with Gasteiger partial charge >= 0.3 is 0 Å². The van der Waals surface area contributed by atoms with Crippen molar-refractivity contribution < 1.29 is 0 Å². The minimum Gasteiger partial charge on any atom is -0.363 e. The van der Waals surface area contributed by atoms with Crippen LogP contribution >= 0.6 is 0 Å². The van der Waals surface area contributed by atoms with Crippen LogP contribution in [0.2, 0.25) is 0 Å². The number of nitrogens with zero attached hydrogens (tertiary/aromatic N) is 2. The fourth-order valence-electron chi connectivity index (χ4n) is 1.96. The van der Waals surface area contributed by atoms with Gasteiger partial charge in [-0.3, -0.25) is 0 Å². The van der Waals surface area contributed by atoms with E-state index in [0.29, 0.717) is 11.8 Å². The molecule has 2 unspecified atom stereocenters. The van der Waals surface area contributed by atoms with Crippen molar-refractivity contribution in [3.63, 3.8) is 0 Å². The molecule has 0 amide bonds. The molecule has 1 aliphatic rings. The molecule has 2 atom stereocenters. The molecule has 3 heteroatoms. The van der Waals surface area contributed by atoms with Crippen LogP contribution in [-0.4, -0.2) is 25.6 Å². The highest BCUT2D eigenvalue weighted by atomic mass is 15.1. The maximum Gasteiger partial charge on any atom is 0.131 e. The highest BCUT2D eigenvalue weighted by molar-refractivity contribution is 5.49. The Balaban J connectivity index is 2.25. The standard InChI is InChI=1S/C11H17N3/c1-14(2)11-9(4-3-5-13-11)10-6-8(10)7-12/h3-5,8,10H,6-7,12H2,1-2H3. The second-order valence-corrected chi connectivity index (χ2v) is 4.15. The molecule has 14 heavy (non-hydrogen) atoms. The first-order valence-electron chi connectivity index (χ1n) is 5.06. The molecule has 1 heterocycles. The maximum absolute atomic E-state index is 5.65. The fraction of sp³-hybridized carbons (Fsp3) is 0.545. The van der Waals surface area contributed by atoms with Gasteiger partial charge in [-0.05, 0) is 36.4 Å². The van der Waals surface area contributed by atoms with Crippen LogP contribution in [0, 0.1) is 5.92 Å². The summed E-state index contributed by atoms with van der Waals surface area (Å²) in [5, 5.41) is 0. The first-order valence-corrected chi connectivity index (χ1v) is 5.06. The summed E-state index contributed by atoms with van der Waals surface area (Å²) < 4.78 is 0. The molecule has 2 rings (SSSR count). The summed E-state index contributed by atoms with van der Waals surface area (Å²) >= 11 is 0. The zero-order valence-corrected chi connectivity index (χ0v) is 8.77. The predicted molar refractivity (Wildman–Crippen MR) is 58.5 cm³/mol. The van der Waals surface area contributed by atoms with Gasteiger partial charge in [-0.25, -0.2) is 4.98 Å². The number of pyridine rings is 1. The lowest BCUT2D eigenvalue weighted by Crippen LogP contribution is -2.13. The van der Waals surface area contributed by atoms with Gasteiger partial charge in [0.05, 0.1) is 0 Å². The van der Waals surface area contributed by atoms with Crippen LogP contribution in [-0.2, 0) is 0 Å². The average molecular weight is 191 g/mol. The van der Waals surface area contributed by atoms with Crippen molar-refractivity contribution in [1.29, 1.82) is 0 Å². The molecular weight excluding hydrogens is 174 g/mol. The highest BCUT2D eigenvalue weighted by Gasteiger charge is 2.38. The van der Waals surface area contributed by atoms with Gasteiger partial charge in [-0.1, -0.05) is 6.07 Å². The first kappa shape index (κ1) is 9.46. The average Bonchev–Trinajstić information content (AvgIpc) is 2.96. The Hall–Kier alpha value is -1.09. The van der Waals surface area contributed by atoms with Crippen LogP contribution in [0.1, 0.15) is 17.9 Å². The number of rotatable bonds is 3. The lowest BCUT2D eigenvalue weighted by molar-refractivity contribution is 0.805. The van der Waals surface area contributed by atoms with Gasteiger partial charge in [-0.15, -0.1) is 0 Å². The topological polar surface area (TPSA) is 42.2 Å². The second-order valence-electron chi connectivity index (χ2n) is 4.15. The van der Waals surface area contributed by atoms with Gasteiger partial charge in [0, 0.05) is 20.3 Å². The van der Waals surface area contributed by atoms with Crippen molar-refractivity contribution in [1.82, 2.24) is 4.98 Å². The van der Waals surface area contributed by atoms with Crippen molar-refractivity contribution >= 4 is 5.82 Å². The molecule has 0 spiro atoms. The zero-order valence-electron chi connectivity index (χ0n) is 8.77. The Labute approximate surface area is 84.9 Å². The summed E-state index contributed by atoms with van der Waals surface area (Å²) in [6.45, 7) is 0.798. The second kappa shape index (κ2) is 3.58. The molecule has 0 radical (unpaired) electrons. The molecule has 0 aromatic carbocycles. The molecule has 0 bridgehead atoms. The molecule has 1 aromatic rings. The van der Waals surface area contributed by atoms with Gasteiger partial charge < -0.3 is 10.6 Å². The van der Waals surface area contributed by atoms with Crippen LogP contribution in [0.4, 0.5) is 5.82 Å². The lowest BCUT2D eigenvalue weighted by atomic mass is 10.1. The van der Waals surface area contributed by atoms with Gasteiger partial charge in [0.2, 0.25) is 0 Å². The lowest BCUT2D eigenvalue weighted by Gasteiger charge is -2.15. The first-order chi connectivity index (χ1) is 6.74. The third-order valence-corrected chi connectivity index (χ3v) is 2.87. The van der Waals surface area contributed by atoms with Crippen LogP contribution in [0.3, 0.4) is 0 Å². The van der Waals surface area contributed by atoms with Crippen molar-refractivity contribution in [3.8, 4) is 0 Å². The van der Waals surface area contributed by atoms with Gasteiger partial charge in [0.25, 0.3) is 0 Å². The zero-order chi connectivity index (χ0) is 10.1. The van der Waals surface area contributed by atoms with E-state index >= 15 is 0 Å². The Kier molecular flexibility index (Phi) is 2.42. The smallest absolute Gasteiger partial charge is 0.131 e. The van der Waals surface area contributed by atoms with Gasteiger partial charge in [-0.2, -0.15) is 0 Å². The molecule has 1 aromatic heterocycles. The summed E-state index contributed by atoms with van der Waals surface area (Å²) in [7, 11) is 4.07.